The lowest BCUT2D eigenvalue weighted by atomic mass is 10.2. The molecule has 1 N–H and O–H groups in total. The second kappa shape index (κ2) is 5.09. The molecule has 0 spiro atoms. The van der Waals surface area contributed by atoms with Crippen LogP contribution in [0.1, 0.15) is 5.56 Å². The summed E-state index contributed by atoms with van der Waals surface area (Å²) in [6.45, 7) is 3.32. The van der Waals surface area contributed by atoms with Crippen LogP contribution in [0.15, 0.2) is 24.3 Å². The minimum atomic E-state index is -0.492. The Morgan fingerprint density at radius 1 is 1.38 bits per heavy atom. The summed E-state index contributed by atoms with van der Waals surface area (Å²) >= 11 is 0. The number of hydrogen-bond donors (Lipinski definition) is 1. The van der Waals surface area contributed by atoms with Crippen LogP contribution in [0, 0.1) is 6.92 Å². The zero-order chi connectivity index (χ0) is 11.4. The van der Waals surface area contributed by atoms with E-state index in [2.05, 4.69) is 5.32 Å². The predicted molar refractivity (Wildman–Crippen MR) is 60.4 cm³/mol. The third-order valence-corrected chi connectivity index (χ3v) is 2.51. The number of nitrogens with one attached hydrogen (secondary N) is 1. The van der Waals surface area contributed by atoms with Crippen LogP contribution in [0.25, 0.3) is 0 Å². The third kappa shape index (κ3) is 2.59. The van der Waals surface area contributed by atoms with Crippen molar-refractivity contribution in [1.29, 1.82) is 0 Å². The van der Waals surface area contributed by atoms with Gasteiger partial charge in [-0.25, -0.2) is 0 Å². The Balaban J connectivity index is 1.99. The SMILES string of the molecule is Cc1ccccc1NC(=O)C1COCCO1. The Kier molecular flexibility index (Phi) is 3.54. The lowest BCUT2D eigenvalue weighted by Gasteiger charge is -2.22. The van der Waals surface area contributed by atoms with E-state index in [0.29, 0.717) is 19.8 Å². The van der Waals surface area contributed by atoms with E-state index < -0.39 is 6.10 Å². The molecule has 1 aliphatic heterocycles. The van der Waals surface area contributed by atoms with E-state index in [1.165, 1.54) is 0 Å². The highest BCUT2D eigenvalue weighted by Crippen LogP contribution is 2.14. The van der Waals surface area contributed by atoms with Crippen molar-refractivity contribution in [2.75, 3.05) is 25.1 Å². The Labute approximate surface area is 94.6 Å². The van der Waals surface area contributed by atoms with Crippen LogP contribution in [-0.2, 0) is 14.3 Å². The number of rotatable bonds is 2. The monoisotopic (exact) mass is 221 g/mol. The van der Waals surface area contributed by atoms with E-state index in [0.717, 1.165) is 11.3 Å². The molecule has 1 aromatic rings. The normalized spacial score (nSPS) is 20.4. The molecular weight excluding hydrogens is 206 g/mol. The summed E-state index contributed by atoms with van der Waals surface area (Å²) in [5, 5.41) is 2.84. The van der Waals surface area contributed by atoms with Gasteiger partial charge in [-0.1, -0.05) is 18.2 Å². The van der Waals surface area contributed by atoms with Crippen LogP contribution in [0.4, 0.5) is 5.69 Å². The molecule has 1 aliphatic rings. The maximum atomic E-state index is 11.8. The molecule has 0 bridgehead atoms. The lowest BCUT2D eigenvalue weighted by molar-refractivity contribution is -0.142. The summed E-state index contributed by atoms with van der Waals surface area (Å²) in [6.07, 6.45) is -0.492. The molecule has 1 amide bonds. The minimum absolute atomic E-state index is 0.144. The lowest BCUT2D eigenvalue weighted by Crippen LogP contribution is -2.39. The van der Waals surface area contributed by atoms with Crippen LogP contribution in [0.5, 0.6) is 0 Å². The Morgan fingerprint density at radius 2 is 2.19 bits per heavy atom. The molecule has 2 rings (SSSR count). The summed E-state index contributed by atoms with van der Waals surface area (Å²) in [5.41, 5.74) is 1.86. The Bertz CT molecular complexity index is 372. The van der Waals surface area contributed by atoms with Crippen molar-refractivity contribution in [3.8, 4) is 0 Å². The van der Waals surface area contributed by atoms with Gasteiger partial charge in [-0.05, 0) is 18.6 Å². The zero-order valence-corrected chi connectivity index (χ0v) is 9.23. The number of ether oxygens (including phenoxy) is 2. The number of para-hydroxylation sites is 1. The van der Waals surface area contributed by atoms with E-state index in [1.54, 1.807) is 0 Å². The second-order valence-electron chi connectivity index (χ2n) is 3.74. The molecule has 1 fully saturated rings. The van der Waals surface area contributed by atoms with Crippen LogP contribution in [-0.4, -0.2) is 31.8 Å². The number of hydrogen-bond acceptors (Lipinski definition) is 3. The highest BCUT2D eigenvalue weighted by atomic mass is 16.6. The smallest absolute Gasteiger partial charge is 0.255 e. The summed E-state index contributed by atoms with van der Waals surface area (Å²) in [6, 6.07) is 7.65. The fourth-order valence-corrected chi connectivity index (χ4v) is 1.57. The average Bonchev–Trinajstić information content (AvgIpc) is 2.33. The average molecular weight is 221 g/mol. The van der Waals surface area contributed by atoms with Crippen molar-refractivity contribution in [2.45, 2.75) is 13.0 Å². The van der Waals surface area contributed by atoms with Gasteiger partial charge in [0.25, 0.3) is 5.91 Å². The van der Waals surface area contributed by atoms with Gasteiger partial charge < -0.3 is 14.8 Å². The zero-order valence-electron chi connectivity index (χ0n) is 9.23. The first-order valence-electron chi connectivity index (χ1n) is 5.33. The van der Waals surface area contributed by atoms with Gasteiger partial charge >= 0.3 is 0 Å². The summed E-state index contributed by atoms with van der Waals surface area (Å²) in [5.74, 6) is -0.144. The molecular formula is C12H15NO3. The number of anilines is 1. The number of benzene rings is 1. The quantitative estimate of drug-likeness (QED) is 0.820. The van der Waals surface area contributed by atoms with Gasteiger partial charge in [0.1, 0.15) is 0 Å². The van der Waals surface area contributed by atoms with Crippen molar-refractivity contribution in [1.82, 2.24) is 0 Å². The van der Waals surface area contributed by atoms with E-state index in [1.807, 2.05) is 31.2 Å². The van der Waals surface area contributed by atoms with Crippen LogP contribution in [0.3, 0.4) is 0 Å². The third-order valence-electron chi connectivity index (χ3n) is 2.51. The maximum absolute atomic E-state index is 11.8. The molecule has 86 valence electrons. The number of carbonyl (C=O) groups excluding carboxylic acids is 1. The molecule has 4 heteroatoms. The number of carbonyl (C=O) groups is 1. The molecule has 4 nitrogen and oxygen atoms in total. The van der Waals surface area contributed by atoms with Crippen molar-refractivity contribution in [2.24, 2.45) is 0 Å². The molecule has 0 radical (unpaired) electrons. The molecule has 1 saturated heterocycles. The van der Waals surface area contributed by atoms with Gasteiger partial charge in [0.2, 0.25) is 0 Å². The molecule has 0 aromatic heterocycles. The molecule has 0 saturated carbocycles. The fourth-order valence-electron chi connectivity index (χ4n) is 1.57. The summed E-state index contributed by atoms with van der Waals surface area (Å²) in [7, 11) is 0. The molecule has 0 aliphatic carbocycles. The minimum Gasteiger partial charge on any atom is -0.376 e. The van der Waals surface area contributed by atoms with Crippen LogP contribution >= 0.6 is 0 Å². The summed E-state index contributed by atoms with van der Waals surface area (Å²) < 4.78 is 10.5. The molecule has 16 heavy (non-hydrogen) atoms. The van der Waals surface area contributed by atoms with Gasteiger partial charge in [0.05, 0.1) is 19.8 Å². The van der Waals surface area contributed by atoms with E-state index in [-0.39, 0.29) is 5.91 Å². The largest absolute Gasteiger partial charge is 0.376 e. The highest BCUT2D eigenvalue weighted by molar-refractivity contribution is 5.94. The predicted octanol–water partition coefficient (Wildman–Crippen LogP) is 1.35. The second-order valence-corrected chi connectivity index (χ2v) is 3.74. The molecule has 1 unspecified atom stereocenters. The van der Waals surface area contributed by atoms with Crippen LogP contribution < -0.4 is 5.32 Å². The Hall–Kier alpha value is -1.39. The Morgan fingerprint density at radius 3 is 2.88 bits per heavy atom. The van der Waals surface area contributed by atoms with Crippen molar-refractivity contribution < 1.29 is 14.3 Å². The van der Waals surface area contributed by atoms with Gasteiger partial charge in [0, 0.05) is 5.69 Å². The van der Waals surface area contributed by atoms with Crippen molar-refractivity contribution >= 4 is 11.6 Å². The van der Waals surface area contributed by atoms with Crippen LogP contribution in [0.2, 0.25) is 0 Å². The van der Waals surface area contributed by atoms with E-state index in [9.17, 15) is 4.79 Å². The number of aryl methyl sites for hydroxylation is 1. The maximum Gasteiger partial charge on any atom is 0.255 e. The van der Waals surface area contributed by atoms with Crippen molar-refractivity contribution in [3.63, 3.8) is 0 Å². The first kappa shape index (κ1) is 11.1. The summed E-state index contributed by atoms with van der Waals surface area (Å²) in [4.78, 5) is 11.8. The van der Waals surface area contributed by atoms with Gasteiger partial charge in [-0.3, -0.25) is 4.79 Å². The molecule has 1 heterocycles. The highest BCUT2D eigenvalue weighted by Gasteiger charge is 2.22. The van der Waals surface area contributed by atoms with Gasteiger partial charge in [-0.2, -0.15) is 0 Å². The molecule has 1 aromatic carbocycles. The first-order valence-corrected chi connectivity index (χ1v) is 5.33. The van der Waals surface area contributed by atoms with Crippen molar-refractivity contribution in [3.05, 3.63) is 29.8 Å². The van der Waals surface area contributed by atoms with E-state index >= 15 is 0 Å². The van der Waals surface area contributed by atoms with Gasteiger partial charge in [0.15, 0.2) is 6.10 Å². The number of amides is 1. The standard InChI is InChI=1S/C12H15NO3/c1-9-4-2-3-5-10(9)13-12(14)11-8-15-6-7-16-11/h2-5,11H,6-8H2,1H3,(H,13,14). The van der Waals surface area contributed by atoms with E-state index in [4.69, 9.17) is 9.47 Å². The topological polar surface area (TPSA) is 47.6 Å². The fraction of sp³-hybridized carbons (Fsp3) is 0.417. The van der Waals surface area contributed by atoms with Gasteiger partial charge in [-0.15, -0.1) is 0 Å². The molecule has 1 atom stereocenters. The first-order chi connectivity index (χ1) is 7.77.